The van der Waals surface area contributed by atoms with Crippen LogP contribution in [0.5, 0.6) is 0 Å². The molecule has 0 fully saturated rings. The van der Waals surface area contributed by atoms with Gasteiger partial charge in [0.1, 0.15) is 0 Å². The lowest BCUT2D eigenvalue weighted by molar-refractivity contribution is 0.568. The number of anilines is 6. The predicted octanol–water partition coefficient (Wildman–Crippen LogP) is 25.0. The van der Waals surface area contributed by atoms with E-state index >= 15 is 0 Å². The van der Waals surface area contributed by atoms with Crippen LogP contribution in [0.1, 0.15) is 203 Å². The molecule has 0 unspecified atom stereocenters. The van der Waals surface area contributed by atoms with Gasteiger partial charge in [-0.3, -0.25) is 0 Å². The van der Waals surface area contributed by atoms with Crippen LogP contribution in [-0.2, 0) is 32.5 Å². The third-order valence-corrected chi connectivity index (χ3v) is 18.4. The Morgan fingerprint density at radius 1 is 0.290 bits per heavy atom. The molecule has 4 heteroatoms. The van der Waals surface area contributed by atoms with Gasteiger partial charge in [-0.15, -0.1) is 0 Å². The number of fused-ring (bicyclic) bond motifs is 7. The highest BCUT2D eigenvalue weighted by Gasteiger charge is 2.46. The number of para-hydroxylation sites is 4. The van der Waals surface area contributed by atoms with Crippen molar-refractivity contribution in [2.24, 2.45) is 0 Å². The highest BCUT2D eigenvalue weighted by atomic mass is 15.2. The van der Waals surface area contributed by atoms with Gasteiger partial charge in [-0.25, -0.2) is 0 Å². The van der Waals surface area contributed by atoms with Gasteiger partial charge in [-0.1, -0.05) is 336 Å². The fourth-order valence-corrected chi connectivity index (χ4v) is 13.1. The average Bonchev–Trinajstić information content (AvgIpc) is 0.920. The summed E-state index contributed by atoms with van der Waals surface area (Å²) in [5.41, 5.74) is -14.6. The summed E-state index contributed by atoms with van der Waals surface area (Å²) in [5, 5.41) is -0.723. The van der Waals surface area contributed by atoms with Gasteiger partial charge in [-0.05, 0) is 158 Å². The van der Waals surface area contributed by atoms with Crippen LogP contribution in [0.4, 0.5) is 34.1 Å². The molecule has 0 spiro atoms. The molecular formula is C96H96BN3. The number of hydrogen-bond acceptors (Lipinski definition) is 2. The van der Waals surface area contributed by atoms with Crippen molar-refractivity contribution in [3.8, 4) is 61.3 Å². The smallest absolute Gasteiger partial charge is 0.252 e. The molecule has 0 saturated heterocycles. The van der Waals surface area contributed by atoms with Crippen LogP contribution in [0.25, 0.3) is 83.1 Å². The van der Waals surface area contributed by atoms with Crippen molar-refractivity contribution in [2.45, 2.75) is 157 Å². The first-order chi connectivity index (χ1) is 61.2. The number of benzene rings is 12. The van der Waals surface area contributed by atoms with Gasteiger partial charge in [-0.2, -0.15) is 0 Å². The van der Waals surface area contributed by atoms with E-state index in [1.54, 1.807) is 131 Å². The van der Waals surface area contributed by atoms with Crippen molar-refractivity contribution in [3.05, 3.63) is 287 Å². The van der Waals surface area contributed by atoms with Crippen LogP contribution < -0.4 is 26.2 Å². The van der Waals surface area contributed by atoms with Crippen LogP contribution >= 0.6 is 0 Å². The van der Waals surface area contributed by atoms with E-state index in [9.17, 15) is 41.1 Å². The van der Waals surface area contributed by atoms with E-state index in [1.807, 2.05) is 0 Å². The Bertz CT molecular complexity index is 7180. The van der Waals surface area contributed by atoms with Gasteiger partial charge in [0, 0.05) is 61.5 Å². The molecule has 3 heterocycles. The van der Waals surface area contributed by atoms with Gasteiger partial charge in [0.2, 0.25) is 0 Å². The van der Waals surface area contributed by atoms with Crippen LogP contribution in [0.15, 0.2) is 254 Å². The number of aromatic nitrogens is 1. The summed E-state index contributed by atoms with van der Waals surface area (Å²) in [4.78, 5) is 2.85. The Balaban J connectivity index is 1.29. The van der Waals surface area contributed by atoms with Crippen LogP contribution in [-0.4, -0.2) is 11.3 Å². The van der Waals surface area contributed by atoms with Crippen molar-refractivity contribution in [3.63, 3.8) is 0 Å². The molecule has 0 amide bonds. The van der Waals surface area contributed by atoms with Crippen molar-refractivity contribution in [2.75, 3.05) is 9.80 Å². The lowest BCUT2D eigenvalue weighted by atomic mass is 9.33. The lowest BCUT2D eigenvalue weighted by Crippen LogP contribution is -2.61. The summed E-state index contributed by atoms with van der Waals surface area (Å²) < 4.78 is 332. The molecular weight excluding hydrogens is 1210 g/mol. The largest absolute Gasteiger partial charge is 0.310 e. The van der Waals surface area contributed by atoms with Gasteiger partial charge in [0.15, 0.2) is 0 Å². The first-order valence-corrected chi connectivity index (χ1v) is 33.6. The molecule has 0 N–H and O–H groups in total. The first kappa shape index (κ1) is 38.1. The monoisotopic (exact) mass is 1330 g/mol. The summed E-state index contributed by atoms with van der Waals surface area (Å²) in [6.07, 6.45) is 0. The van der Waals surface area contributed by atoms with Crippen LogP contribution in [0.3, 0.4) is 0 Å². The lowest BCUT2D eigenvalue weighted by Gasteiger charge is -2.45. The zero-order chi connectivity index (χ0) is 99.0. The zero-order valence-electron chi connectivity index (χ0n) is 92.6. The molecule has 0 bridgehead atoms. The molecule has 3 nitrogen and oxygen atoms in total. The Morgan fingerprint density at radius 2 is 0.690 bits per heavy atom. The van der Waals surface area contributed by atoms with Crippen LogP contribution in [0.2, 0.25) is 0 Å². The molecule has 0 aliphatic carbocycles. The topological polar surface area (TPSA) is 11.4 Å². The van der Waals surface area contributed by atoms with Gasteiger partial charge in [0.25, 0.3) is 6.71 Å². The molecule has 0 radical (unpaired) electrons. The maximum absolute atomic E-state index is 10.9. The third kappa shape index (κ3) is 11.6. The van der Waals surface area contributed by atoms with E-state index in [0.717, 1.165) is 0 Å². The normalized spacial score (nSPS) is 18.1. The average molecular weight is 1340 g/mol. The van der Waals surface area contributed by atoms with Crippen molar-refractivity contribution in [1.82, 2.24) is 4.57 Å². The Labute approximate surface area is 642 Å². The molecule has 13 aromatic rings. The molecule has 498 valence electrons. The first-order valence-electron chi connectivity index (χ1n) is 50.1. The highest BCUT2D eigenvalue weighted by molar-refractivity contribution is 7.00. The molecule has 15 rings (SSSR count). The predicted molar refractivity (Wildman–Crippen MR) is 434 cm³/mol. The van der Waals surface area contributed by atoms with Gasteiger partial charge >= 0.3 is 0 Å². The summed E-state index contributed by atoms with van der Waals surface area (Å²) in [7, 11) is 0. The van der Waals surface area contributed by atoms with Crippen LogP contribution in [0, 0.1) is 0 Å². The number of nitrogens with zero attached hydrogens (tertiary/aromatic N) is 3. The second kappa shape index (κ2) is 23.9. The fraction of sp³-hybridized carbons (Fsp3) is 0.250. The van der Waals surface area contributed by atoms with E-state index < -0.39 is 293 Å². The summed E-state index contributed by atoms with van der Waals surface area (Å²) >= 11 is 0. The van der Waals surface area contributed by atoms with Crippen molar-refractivity contribution >= 4 is 79.0 Å². The standard InChI is InChI=1S/C96H96BN3/c1-91(2,3)67-46-41-62(42-47-67)74-33-26-35-76(65-53-69(93(7,8)9)58-70(54-65)94(10,11)12)89(74)99-84-52-45-64(61-29-20-19-21-30-61)57-81(84)97-80-51-50-73(98-82-37-24-22-31-78(82)79-32-23-25-38-83(79)98)60-87(80)100(86-40-28-39-85(99)88(86)97)90-75(63-43-48-68(49-44-63)92(4,5)6)34-27-36-77(90)66-55-71(95(13,14)15)59-72(56-66)96(16,17)18/h19-60H,1-18H3/i19D,20D,21D,22D,23D,24D,25D,26D,27D,29D,30D,31D,32D,33D,34D,35D,36D,37D,38D,41D,42D,43D,44D,46D,47D,48D,49D,53D,54D,55D,56D,58D,59D. The van der Waals surface area contributed by atoms with Gasteiger partial charge in [0.05, 0.1) is 67.6 Å². The fourth-order valence-electron chi connectivity index (χ4n) is 13.1. The molecule has 12 aromatic carbocycles. The molecule has 2 aliphatic heterocycles. The Kier molecular flexibility index (Phi) is 9.10. The molecule has 0 atom stereocenters. The second-order valence-electron chi connectivity index (χ2n) is 32.1. The van der Waals surface area contributed by atoms with E-state index in [4.69, 9.17) is 4.11 Å². The van der Waals surface area contributed by atoms with E-state index in [-0.39, 0.29) is 112 Å². The van der Waals surface area contributed by atoms with Crippen molar-refractivity contribution < 1.29 is 45.2 Å². The minimum Gasteiger partial charge on any atom is -0.310 e. The minimum atomic E-state index is -1.52. The van der Waals surface area contributed by atoms with E-state index in [0.29, 0.717) is 0 Å². The maximum Gasteiger partial charge on any atom is 0.252 e. The Morgan fingerprint density at radius 3 is 1.12 bits per heavy atom. The molecule has 2 aliphatic rings. The minimum absolute atomic E-state index is 0.00706. The van der Waals surface area contributed by atoms with E-state index in [1.165, 1.54) is 62.9 Å². The summed E-state index contributed by atoms with van der Waals surface area (Å²) in [5.74, 6) is 0. The SMILES string of the molecule is [2H]c1c([2H])c([2H])c(-c2ccc3c(c2)B2c4ccc(-n5c6c([2H])c([2H])c([2H])c([2H])c6c6c([2H])c([2H])c([2H])c([2H])c65)cc4N(c4c(-c5c([2H])c([2H])c(C(C)(C)C)c([2H])c5[2H])c([2H])c([2H])c([2H])c4-c4c([2H])c(C(C)(C)C)c([2H])c(C(C)(C)C)c4[2H])c4cccc(c42)N3c2c(-c3c([2H])c([2H])c(C(C)(C)C)c([2H])c3[2H])c([2H])c([2H])c([2H])c2-c2c([2H])c(C(C)(C)C)c([2H])c(C(C)(C)C)c2[2H])c([2H])c1[2H]. The zero-order valence-corrected chi connectivity index (χ0v) is 59.6. The number of rotatable bonds is 8. The molecule has 0 saturated carbocycles. The molecule has 100 heavy (non-hydrogen) atoms. The summed E-state index contributed by atoms with van der Waals surface area (Å²) in [6, 6.07) is -10.1. The maximum atomic E-state index is 10.9. The van der Waals surface area contributed by atoms with Gasteiger partial charge < -0.3 is 14.4 Å². The number of hydrogen-bond donors (Lipinski definition) is 0. The Hall–Kier alpha value is -9.90. The van der Waals surface area contributed by atoms with Crippen molar-refractivity contribution in [1.29, 1.82) is 0 Å². The second-order valence-corrected chi connectivity index (χ2v) is 32.1. The third-order valence-electron chi connectivity index (χ3n) is 18.4. The van der Waals surface area contributed by atoms with E-state index in [2.05, 4.69) is 0 Å². The summed E-state index contributed by atoms with van der Waals surface area (Å²) in [6.45, 7) is 29.2. The highest BCUT2D eigenvalue weighted by Crippen LogP contribution is 2.54. The quantitative estimate of drug-likeness (QED) is 0.141. The molecule has 1 aromatic heterocycles.